The average Bonchev–Trinajstić information content (AvgIpc) is 3.22. The number of ether oxygens (including phenoxy) is 2. The standard InChI is InChI=1S/C44H87NO5.C4H6O6/c1-4-7-10-13-16-17-18-24-32-41-49-43(47)35-29-25-31-38-45(39-40-46)37-30-23-19-22-28-36-44(48)50-42(33-26-20-14-11-8-5-2)34-27-21-15-12-9-6-3;5-1(3(7)8)2(6)4(9)10/h42,46H,4-41H2,1-3H3;1-2,5-6H,(H,7,8)(H,9,10). The van der Waals surface area contributed by atoms with Gasteiger partial charge in [-0.05, 0) is 70.9 Å². The van der Waals surface area contributed by atoms with Gasteiger partial charge in [0.05, 0.1) is 13.2 Å². The van der Waals surface area contributed by atoms with E-state index in [9.17, 15) is 24.3 Å². The Labute approximate surface area is 366 Å². The van der Waals surface area contributed by atoms with E-state index in [0.717, 1.165) is 90.1 Å². The van der Waals surface area contributed by atoms with E-state index < -0.39 is 24.1 Å². The van der Waals surface area contributed by atoms with E-state index in [-0.39, 0.29) is 24.6 Å². The number of aliphatic hydroxyl groups is 3. The zero-order valence-corrected chi connectivity index (χ0v) is 38.7. The van der Waals surface area contributed by atoms with Crippen molar-refractivity contribution in [3.63, 3.8) is 0 Å². The van der Waals surface area contributed by atoms with Crippen molar-refractivity contribution in [3.8, 4) is 0 Å². The Morgan fingerprint density at radius 3 is 1.22 bits per heavy atom. The van der Waals surface area contributed by atoms with Crippen LogP contribution < -0.4 is 0 Å². The highest BCUT2D eigenvalue weighted by molar-refractivity contribution is 5.83. The molecule has 2 unspecified atom stereocenters. The second kappa shape index (κ2) is 46.2. The average molecular weight is 860 g/mol. The second-order valence-electron chi connectivity index (χ2n) is 16.7. The maximum absolute atomic E-state index is 12.7. The number of hydrogen-bond donors (Lipinski definition) is 5. The van der Waals surface area contributed by atoms with Gasteiger partial charge in [0.25, 0.3) is 0 Å². The fourth-order valence-electron chi connectivity index (χ4n) is 7.15. The Kier molecular flexibility index (Phi) is 46.1. The summed E-state index contributed by atoms with van der Waals surface area (Å²) in [6.07, 6.45) is 33.9. The summed E-state index contributed by atoms with van der Waals surface area (Å²) in [5, 5.41) is 42.1. The minimum atomic E-state index is -2.27. The molecule has 0 rings (SSSR count). The molecule has 0 bridgehead atoms. The van der Waals surface area contributed by atoms with Crippen LogP contribution in [0.25, 0.3) is 0 Å². The molecule has 12 nitrogen and oxygen atoms in total. The molecule has 5 N–H and O–H groups in total. The molecule has 0 aliphatic carbocycles. The molecule has 0 radical (unpaired) electrons. The number of aliphatic hydroxyl groups excluding tert-OH is 3. The quantitative estimate of drug-likeness (QED) is 0.0288. The number of aliphatic carboxylic acids is 2. The third-order valence-corrected chi connectivity index (χ3v) is 11.0. The molecule has 0 aromatic carbocycles. The van der Waals surface area contributed by atoms with Crippen LogP contribution in [-0.2, 0) is 28.7 Å². The largest absolute Gasteiger partial charge is 0.479 e. The van der Waals surface area contributed by atoms with Gasteiger partial charge in [0.1, 0.15) is 6.10 Å². The van der Waals surface area contributed by atoms with Gasteiger partial charge in [-0.3, -0.25) is 9.59 Å². The van der Waals surface area contributed by atoms with E-state index in [4.69, 9.17) is 29.9 Å². The van der Waals surface area contributed by atoms with E-state index in [1.807, 2.05) is 0 Å². The summed E-state index contributed by atoms with van der Waals surface area (Å²) in [6, 6.07) is 0. The van der Waals surface area contributed by atoms with Crippen molar-refractivity contribution in [2.45, 2.75) is 251 Å². The smallest absolute Gasteiger partial charge is 0.335 e. The molecule has 0 heterocycles. The van der Waals surface area contributed by atoms with Gasteiger partial charge in [0, 0.05) is 19.4 Å². The maximum atomic E-state index is 12.7. The number of esters is 2. The first-order chi connectivity index (χ1) is 29.0. The summed E-state index contributed by atoms with van der Waals surface area (Å²) < 4.78 is 11.4. The van der Waals surface area contributed by atoms with Gasteiger partial charge in [0.15, 0.2) is 12.2 Å². The molecule has 0 amide bonds. The number of rotatable bonds is 44. The van der Waals surface area contributed by atoms with Crippen molar-refractivity contribution < 1.29 is 54.2 Å². The highest BCUT2D eigenvalue weighted by atomic mass is 16.5. The van der Waals surface area contributed by atoms with Crippen molar-refractivity contribution in [2.75, 3.05) is 32.8 Å². The topological polar surface area (TPSA) is 191 Å². The van der Waals surface area contributed by atoms with Crippen LogP contribution in [0.5, 0.6) is 0 Å². The van der Waals surface area contributed by atoms with Gasteiger partial charge in [-0.1, -0.05) is 162 Å². The molecule has 0 aromatic heterocycles. The molecule has 12 heteroatoms. The number of carbonyl (C=O) groups is 4. The van der Waals surface area contributed by atoms with Crippen LogP contribution in [0.2, 0.25) is 0 Å². The predicted molar refractivity (Wildman–Crippen MR) is 241 cm³/mol. The van der Waals surface area contributed by atoms with Crippen LogP contribution in [0, 0.1) is 0 Å². The highest BCUT2D eigenvalue weighted by Gasteiger charge is 2.29. The molecule has 356 valence electrons. The number of hydrogen-bond acceptors (Lipinski definition) is 10. The first-order valence-corrected chi connectivity index (χ1v) is 24.5. The predicted octanol–water partition coefficient (Wildman–Crippen LogP) is 10.5. The fraction of sp³-hybridized carbons (Fsp3) is 0.917. The van der Waals surface area contributed by atoms with Crippen LogP contribution in [0.3, 0.4) is 0 Å². The van der Waals surface area contributed by atoms with Gasteiger partial charge in [-0.15, -0.1) is 0 Å². The van der Waals surface area contributed by atoms with Crippen molar-refractivity contribution in [2.24, 2.45) is 0 Å². The molecule has 0 aliphatic rings. The normalized spacial score (nSPS) is 12.3. The van der Waals surface area contributed by atoms with Crippen molar-refractivity contribution >= 4 is 23.9 Å². The molecule has 0 aliphatic heterocycles. The molecule has 0 saturated heterocycles. The number of carbonyl (C=O) groups excluding carboxylic acids is 2. The summed E-state index contributed by atoms with van der Waals surface area (Å²) in [4.78, 5) is 46.6. The zero-order chi connectivity index (χ0) is 44.9. The lowest BCUT2D eigenvalue weighted by Gasteiger charge is -2.21. The Bertz CT molecular complexity index is 948. The van der Waals surface area contributed by atoms with E-state index in [1.165, 1.54) is 122 Å². The maximum Gasteiger partial charge on any atom is 0.335 e. The van der Waals surface area contributed by atoms with E-state index in [0.29, 0.717) is 26.0 Å². The number of carboxylic acid groups (broad SMARTS) is 2. The number of nitrogens with zero attached hydrogens (tertiary/aromatic N) is 1. The summed E-state index contributed by atoms with van der Waals surface area (Å²) >= 11 is 0. The molecule has 2 atom stereocenters. The first kappa shape index (κ1) is 59.8. The summed E-state index contributed by atoms with van der Waals surface area (Å²) in [5.41, 5.74) is 0. The van der Waals surface area contributed by atoms with Crippen molar-refractivity contribution in [1.82, 2.24) is 4.90 Å². The third kappa shape index (κ3) is 42.4. The van der Waals surface area contributed by atoms with E-state index >= 15 is 0 Å². The van der Waals surface area contributed by atoms with E-state index in [2.05, 4.69) is 25.7 Å². The fourth-order valence-corrected chi connectivity index (χ4v) is 7.15. The Hall–Kier alpha value is -2.28. The van der Waals surface area contributed by atoms with Gasteiger partial charge >= 0.3 is 23.9 Å². The Morgan fingerprint density at radius 2 is 0.800 bits per heavy atom. The van der Waals surface area contributed by atoms with E-state index in [1.54, 1.807) is 0 Å². The number of carboxylic acids is 2. The van der Waals surface area contributed by atoms with Gasteiger partial charge in [-0.2, -0.15) is 0 Å². The lowest BCUT2D eigenvalue weighted by Crippen LogP contribution is -2.39. The Morgan fingerprint density at radius 1 is 0.450 bits per heavy atom. The lowest BCUT2D eigenvalue weighted by atomic mass is 10.0. The summed E-state index contributed by atoms with van der Waals surface area (Å²) in [7, 11) is 0. The molecular formula is C48H93NO11. The summed E-state index contributed by atoms with van der Waals surface area (Å²) in [5.74, 6) is -3.58. The third-order valence-electron chi connectivity index (χ3n) is 11.0. The van der Waals surface area contributed by atoms with Crippen LogP contribution in [0.4, 0.5) is 0 Å². The molecule has 0 saturated carbocycles. The first-order valence-electron chi connectivity index (χ1n) is 24.5. The van der Waals surface area contributed by atoms with Gasteiger partial charge in [0.2, 0.25) is 0 Å². The lowest BCUT2D eigenvalue weighted by molar-refractivity contribution is -0.165. The van der Waals surface area contributed by atoms with Crippen LogP contribution in [0.15, 0.2) is 0 Å². The van der Waals surface area contributed by atoms with Gasteiger partial charge in [-0.25, -0.2) is 9.59 Å². The minimum absolute atomic E-state index is 0.00755. The second-order valence-corrected chi connectivity index (χ2v) is 16.7. The SMILES string of the molecule is CCCCCCCCCCCOC(=O)CCCCCN(CCO)CCCCCCCC(=O)OC(CCCCCCCC)CCCCCCCC.O=C(O)C(O)C(O)C(=O)O. The molecular weight excluding hydrogens is 767 g/mol. The zero-order valence-electron chi connectivity index (χ0n) is 38.7. The van der Waals surface area contributed by atoms with Crippen LogP contribution in [0.1, 0.15) is 233 Å². The number of unbranched alkanes of at least 4 members (excludes halogenated alkanes) is 24. The molecule has 0 fully saturated rings. The Balaban J connectivity index is 0. The van der Waals surface area contributed by atoms with Crippen LogP contribution >= 0.6 is 0 Å². The van der Waals surface area contributed by atoms with Crippen molar-refractivity contribution in [1.29, 1.82) is 0 Å². The minimum Gasteiger partial charge on any atom is -0.479 e. The van der Waals surface area contributed by atoms with Crippen molar-refractivity contribution in [3.05, 3.63) is 0 Å². The summed E-state index contributed by atoms with van der Waals surface area (Å²) in [6.45, 7) is 10.2. The molecule has 0 aromatic rings. The van der Waals surface area contributed by atoms with Gasteiger partial charge < -0.3 is 39.9 Å². The highest BCUT2D eigenvalue weighted by Crippen LogP contribution is 2.18. The molecule has 60 heavy (non-hydrogen) atoms. The monoisotopic (exact) mass is 860 g/mol. The molecule has 0 spiro atoms. The van der Waals surface area contributed by atoms with Crippen LogP contribution in [-0.4, -0.2) is 105 Å².